The Morgan fingerprint density at radius 1 is 1.00 bits per heavy atom. The molecule has 0 unspecified atom stereocenters. The number of benzene rings is 2. The Bertz CT molecular complexity index is 850. The van der Waals surface area contributed by atoms with Crippen molar-refractivity contribution in [2.24, 2.45) is 0 Å². The zero-order valence-electron chi connectivity index (χ0n) is 16.8. The van der Waals surface area contributed by atoms with Gasteiger partial charge in [-0.2, -0.15) is 0 Å². The van der Waals surface area contributed by atoms with E-state index in [-0.39, 0.29) is 5.57 Å². The van der Waals surface area contributed by atoms with E-state index in [1.54, 1.807) is 0 Å². The Labute approximate surface area is 175 Å². The van der Waals surface area contributed by atoms with Gasteiger partial charge in [-0.05, 0) is 58.3 Å². The van der Waals surface area contributed by atoms with Crippen molar-refractivity contribution in [3.05, 3.63) is 60.2 Å². The van der Waals surface area contributed by atoms with Crippen molar-refractivity contribution in [2.75, 3.05) is 32.1 Å². The lowest BCUT2D eigenvalue weighted by molar-refractivity contribution is -0.135. The Balaban J connectivity index is 0.000000284. The van der Waals surface area contributed by atoms with E-state index < -0.39 is 11.9 Å². The summed E-state index contributed by atoms with van der Waals surface area (Å²) in [5, 5.41) is 16.1. The molecule has 154 valence electrons. The van der Waals surface area contributed by atoms with Gasteiger partial charge in [0.1, 0.15) is 0 Å². The SMILES string of the molecule is C/C(=C/C(=O)O)C(=O)O.CN(C)CCCN1c2ccccc2Sc2ccccc21. The Morgan fingerprint density at radius 3 is 1.93 bits per heavy atom. The van der Waals surface area contributed by atoms with Gasteiger partial charge in [-0.15, -0.1) is 0 Å². The fraction of sp³-hybridized carbons (Fsp3) is 0.273. The van der Waals surface area contributed by atoms with Gasteiger partial charge in [-0.3, -0.25) is 0 Å². The molecule has 7 heteroatoms. The maximum atomic E-state index is 9.90. The van der Waals surface area contributed by atoms with Gasteiger partial charge in [0, 0.05) is 28.0 Å². The molecule has 6 nitrogen and oxygen atoms in total. The summed E-state index contributed by atoms with van der Waals surface area (Å²) >= 11 is 1.87. The van der Waals surface area contributed by atoms with Gasteiger partial charge < -0.3 is 20.0 Å². The third-order valence-electron chi connectivity index (χ3n) is 4.20. The lowest BCUT2D eigenvalue weighted by atomic mass is 10.2. The molecule has 0 atom stereocenters. The molecule has 1 aliphatic rings. The number of rotatable bonds is 6. The van der Waals surface area contributed by atoms with Gasteiger partial charge in [-0.1, -0.05) is 36.0 Å². The summed E-state index contributed by atoms with van der Waals surface area (Å²) in [7, 11) is 4.27. The van der Waals surface area contributed by atoms with Crippen molar-refractivity contribution in [2.45, 2.75) is 23.1 Å². The molecule has 2 aromatic carbocycles. The highest BCUT2D eigenvalue weighted by atomic mass is 32.2. The molecule has 2 aromatic rings. The lowest BCUT2D eigenvalue weighted by Crippen LogP contribution is -2.25. The fourth-order valence-corrected chi connectivity index (χ4v) is 3.91. The van der Waals surface area contributed by atoms with Crippen LogP contribution < -0.4 is 4.90 Å². The van der Waals surface area contributed by atoms with E-state index in [2.05, 4.69) is 72.4 Å². The highest BCUT2D eigenvalue weighted by Crippen LogP contribution is 2.47. The summed E-state index contributed by atoms with van der Waals surface area (Å²) < 4.78 is 0. The highest BCUT2D eigenvalue weighted by Gasteiger charge is 2.22. The first-order chi connectivity index (χ1) is 13.8. The van der Waals surface area contributed by atoms with E-state index in [4.69, 9.17) is 10.2 Å². The van der Waals surface area contributed by atoms with Crippen molar-refractivity contribution >= 4 is 35.1 Å². The van der Waals surface area contributed by atoms with Gasteiger partial charge in [0.25, 0.3) is 0 Å². The van der Waals surface area contributed by atoms with Crippen LogP contribution in [0, 0.1) is 0 Å². The number of nitrogens with zero attached hydrogens (tertiary/aromatic N) is 2. The van der Waals surface area contributed by atoms with E-state index in [0.717, 1.165) is 13.1 Å². The van der Waals surface area contributed by atoms with Crippen LogP contribution in [0.1, 0.15) is 13.3 Å². The van der Waals surface area contributed by atoms with Crippen molar-refractivity contribution in [1.29, 1.82) is 0 Å². The fourth-order valence-electron chi connectivity index (χ4n) is 2.81. The van der Waals surface area contributed by atoms with E-state index in [1.807, 2.05) is 11.8 Å². The molecule has 2 N–H and O–H groups in total. The minimum absolute atomic E-state index is 0.178. The summed E-state index contributed by atoms with van der Waals surface area (Å²) in [6.07, 6.45) is 1.81. The molecule has 0 fully saturated rings. The van der Waals surface area contributed by atoms with E-state index in [9.17, 15) is 9.59 Å². The molecule has 3 rings (SSSR count). The lowest BCUT2D eigenvalue weighted by Gasteiger charge is -2.33. The van der Waals surface area contributed by atoms with Gasteiger partial charge >= 0.3 is 11.9 Å². The van der Waals surface area contributed by atoms with Crippen molar-refractivity contribution in [1.82, 2.24) is 4.90 Å². The van der Waals surface area contributed by atoms with Crippen molar-refractivity contribution in [3.8, 4) is 0 Å². The van der Waals surface area contributed by atoms with Crippen LogP contribution in [0.25, 0.3) is 0 Å². The number of fused-ring (bicyclic) bond motifs is 2. The summed E-state index contributed by atoms with van der Waals surface area (Å²) in [6.45, 7) is 3.40. The Hall–Kier alpha value is -2.77. The first kappa shape index (κ1) is 22.5. The van der Waals surface area contributed by atoms with Gasteiger partial charge in [0.15, 0.2) is 0 Å². The minimum atomic E-state index is -1.24. The van der Waals surface area contributed by atoms with Crippen LogP contribution in [-0.2, 0) is 9.59 Å². The van der Waals surface area contributed by atoms with Crippen molar-refractivity contribution < 1.29 is 19.8 Å². The molecule has 0 radical (unpaired) electrons. The summed E-state index contributed by atoms with van der Waals surface area (Å²) in [6, 6.07) is 17.4. The number of para-hydroxylation sites is 2. The van der Waals surface area contributed by atoms with Crippen LogP contribution in [0.3, 0.4) is 0 Å². The number of carbonyl (C=O) groups is 2. The molecular formula is C22H26N2O4S. The number of aliphatic carboxylic acids is 2. The molecular weight excluding hydrogens is 388 g/mol. The molecule has 29 heavy (non-hydrogen) atoms. The average Bonchev–Trinajstić information content (AvgIpc) is 2.67. The monoisotopic (exact) mass is 414 g/mol. The normalized spacial score (nSPS) is 12.6. The number of hydrogen-bond donors (Lipinski definition) is 2. The van der Waals surface area contributed by atoms with Crippen LogP contribution in [-0.4, -0.2) is 54.2 Å². The second-order valence-electron chi connectivity index (χ2n) is 6.82. The topological polar surface area (TPSA) is 81.1 Å². The summed E-state index contributed by atoms with van der Waals surface area (Å²) in [5.41, 5.74) is 2.51. The molecule has 0 aromatic heterocycles. The standard InChI is InChI=1S/C17H20N2S.C5H6O4/c1-18(2)12-7-13-19-14-8-3-5-10-16(14)20-17-11-6-4-9-15(17)19;1-3(5(8)9)2-4(6)7/h3-6,8-11H,7,12-13H2,1-2H3;2H,1H3,(H,6,7)(H,8,9)/b;3-2-. The van der Waals surface area contributed by atoms with E-state index >= 15 is 0 Å². The second kappa shape index (κ2) is 10.7. The number of carboxylic acid groups (broad SMARTS) is 2. The van der Waals surface area contributed by atoms with Crippen LogP contribution >= 0.6 is 11.8 Å². The van der Waals surface area contributed by atoms with Gasteiger partial charge in [0.05, 0.1) is 11.4 Å². The van der Waals surface area contributed by atoms with Gasteiger partial charge in [-0.25, -0.2) is 9.59 Å². The summed E-state index contributed by atoms with van der Waals surface area (Å²) in [5.74, 6) is -2.45. The molecule has 1 aliphatic heterocycles. The average molecular weight is 415 g/mol. The predicted octanol–water partition coefficient (Wildman–Crippen LogP) is 4.34. The maximum Gasteiger partial charge on any atom is 0.331 e. The molecule has 0 saturated heterocycles. The van der Waals surface area contributed by atoms with Gasteiger partial charge in [0.2, 0.25) is 0 Å². The largest absolute Gasteiger partial charge is 0.478 e. The third kappa shape index (κ3) is 6.66. The Kier molecular flexibility index (Phi) is 8.30. The quantitative estimate of drug-likeness (QED) is 0.681. The number of hydrogen-bond acceptors (Lipinski definition) is 5. The van der Waals surface area contributed by atoms with E-state index in [0.29, 0.717) is 6.08 Å². The van der Waals surface area contributed by atoms with Crippen LogP contribution in [0.4, 0.5) is 11.4 Å². The predicted molar refractivity (Wildman–Crippen MR) is 116 cm³/mol. The zero-order chi connectivity index (χ0) is 21.4. The first-order valence-electron chi connectivity index (χ1n) is 9.22. The number of carboxylic acids is 2. The van der Waals surface area contributed by atoms with Crippen LogP contribution in [0.2, 0.25) is 0 Å². The molecule has 0 aliphatic carbocycles. The van der Waals surface area contributed by atoms with Crippen molar-refractivity contribution in [3.63, 3.8) is 0 Å². The van der Waals surface area contributed by atoms with Crippen LogP contribution in [0.5, 0.6) is 0 Å². The highest BCUT2D eigenvalue weighted by molar-refractivity contribution is 7.99. The second-order valence-corrected chi connectivity index (χ2v) is 7.90. The zero-order valence-corrected chi connectivity index (χ0v) is 17.6. The molecule has 0 amide bonds. The minimum Gasteiger partial charge on any atom is -0.478 e. The number of anilines is 2. The summed E-state index contributed by atoms with van der Waals surface area (Å²) in [4.78, 5) is 27.1. The maximum absolute atomic E-state index is 9.90. The molecule has 0 bridgehead atoms. The molecule has 0 spiro atoms. The smallest absolute Gasteiger partial charge is 0.331 e. The third-order valence-corrected chi connectivity index (χ3v) is 5.33. The van der Waals surface area contributed by atoms with Crippen LogP contribution in [0.15, 0.2) is 70.0 Å². The van der Waals surface area contributed by atoms with E-state index in [1.165, 1.54) is 34.5 Å². The first-order valence-corrected chi connectivity index (χ1v) is 10.0. The molecule has 1 heterocycles. The Morgan fingerprint density at radius 2 is 1.52 bits per heavy atom. The molecule has 0 saturated carbocycles.